The van der Waals surface area contributed by atoms with Gasteiger partial charge in [0.15, 0.2) is 0 Å². The molecule has 0 aromatic rings. The molecule has 0 saturated heterocycles. The number of carboxylic acid groups (broad SMARTS) is 2. The van der Waals surface area contributed by atoms with Crippen molar-refractivity contribution in [3.8, 4) is 0 Å². The molecular formula is C16H28BaO4. The van der Waals surface area contributed by atoms with Crippen molar-refractivity contribution in [1.82, 2.24) is 0 Å². The van der Waals surface area contributed by atoms with Crippen molar-refractivity contribution in [3.63, 3.8) is 0 Å². The van der Waals surface area contributed by atoms with Crippen LogP contribution < -0.4 is 10.2 Å². The minimum Gasteiger partial charge on any atom is -0.549 e. The second kappa shape index (κ2) is 11.1. The molecule has 0 fully saturated rings. The van der Waals surface area contributed by atoms with E-state index in [0.29, 0.717) is 6.42 Å². The molecule has 0 atom stereocenters. The van der Waals surface area contributed by atoms with Gasteiger partial charge in [0.05, 0.1) is 17.4 Å². The summed E-state index contributed by atoms with van der Waals surface area (Å²) in [7, 11) is 0. The molecule has 0 aliphatic heterocycles. The van der Waals surface area contributed by atoms with Crippen molar-refractivity contribution in [3.05, 3.63) is 0 Å². The van der Waals surface area contributed by atoms with Gasteiger partial charge in [-0.1, -0.05) is 72.6 Å². The predicted molar refractivity (Wildman–Crippen MR) is 80.3 cm³/mol. The van der Waals surface area contributed by atoms with E-state index in [2.05, 4.69) is 6.92 Å². The van der Waals surface area contributed by atoms with E-state index in [9.17, 15) is 19.8 Å². The molecule has 4 nitrogen and oxygen atoms in total. The van der Waals surface area contributed by atoms with Crippen molar-refractivity contribution in [2.75, 3.05) is 0 Å². The van der Waals surface area contributed by atoms with Gasteiger partial charge in [0.25, 0.3) is 0 Å². The summed E-state index contributed by atoms with van der Waals surface area (Å²) in [6.07, 6.45) is 7.21. The molecule has 0 aromatic heterocycles. The monoisotopic (exact) mass is 422 g/mol. The molecule has 0 bridgehead atoms. The van der Waals surface area contributed by atoms with Crippen LogP contribution in [-0.4, -0.2) is 60.8 Å². The van der Waals surface area contributed by atoms with Crippen LogP contribution in [-0.2, 0) is 9.59 Å². The summed E-state index contributed by atoms with van der Waals surface area (Å²) in [4.78, 5) is 22.8. The van der Waals surface area contributed by atoms with E-state index in [4.69, 9.17) is 0 Å². The van der Waals surface area contributed by atoms with Crippen molar-refractivity contribution in [1.29, 1.82) is 0 Å². The van der Waals surface area contributed by atoms with Gasteiger partial charge in [-0.25, -0.2) is 0 Å². The predicted octanol–water partition coefficient (Wildman–Crippen LogP) is 1.28. The molecule has 0 aliphatic carbocycles. The third-order valence-corrected chi connectivity index (χ3v) is 4.13. The minimum atomic E-state index is -1.91. The maximum absolute atomic E-state index is 11.4. The fraction of sp³-hybridized carbons (Fsp3) is 0.875. The van der Waals surface area contributed by atoms with E-state index >= 15 is 0 Å². The molecular weight excluding hydrogens is 394 g/mol. The molecule has 0 amide bonds. The SMILES string of the molecule is CCCCCCCCCC(C(=O)[O-])(C(=O)[O-])C(C)(C)C.[Ba+2]. The molecule has 0 unspecified atom stereocenters. The first-order valence-electron chi connectivity index (χ1n) is 7.63. The van der Waals surface area contributed by atoms with Crippen LogP contribution in [0, 0.1) is 10.8 Å². The van der Waals surface area contributed by atoms with Gasteiger partial charge in [-0.05, 0) is 11.8 Å². The Hall–Kier alpha value is 0.511. The number of carbonyl (C=O) groups is 2. The van der Waals surface area contributed by atoms with E-state index in [-0.39, 0.29) is 55.3 Å². The van der Waals surface area contributed by atoms with Crippen LogP contribution in [0.25, 0.3) is 0 Å². The fourth-order valence-corrected chi connectivity index (χ4v) is 2.62. The van der Waals surface area contributed by atoms with Crippen molar-refractivity contribution >= 4 is 60.8 Å². The van der Waals surface area contributed by atoms with Gasteiger partial charge in [-0.15, -0.1) is 0 Å². The van der Waals surface area contributed by atoms with Crippen molar-refractivity contribution in [2.45, 2.75) is 79.1 Å². The number of rotatable bonds is 10. The van der Waals surface area contributed by atoms with Crippen LogP contribution in [0.5, 0.6) is 0 Å². The number of aliphatic carboxylic acids is 2. The molecule has 5 heteroatoms. The Morgan fingerprint density at radius 2 is 1.19 bits per heavy atom. The zero-order valence-corrected chi connectivity index (χ0v) is 18.4. The van der Waals surface area contributed by atoms with Gasteiger partial charge >= 0.3 is 48.9 Å². The molecule has 0 spiro atoms. The minimum absolute atomic E-state index is 0. The van der Waals surface area contributed by atoms with Gasteiger partial charge in [0.2, 0.25) is 0 Å². The summed E-state index contributed by atoms with van der Waals surface area (Å²) >= 11 is 0. The number of hydrogen-bond acceptors (Lipinski definition) is 4. The molecule has 0 aliphatic rings. The van der Waals surface area contributed by atoms with E-state index in [1.165, 1.54) is 19.3 Å². The Balaban J connectivity index is 0. The quantitative estimate of drug-likeness (QED) is 0.302. The fourth-order valence-electron chi connectivity index (χ4n) is 2.62. The van der Waals surface area contributed by atoms with Crippen LogP contribution in [0.1, 0.15) is 79.1 Å². The molecule has 21 heavy (non-hydrogen) atoms. The Morgan fingerprint density at radius 3 is 1.52 bits per heavy atom. The molecule has 118 valence electrons. The summed E-state index contributed by atoms with van der Waals surface area (Å²) in [6, 6.07) is 0. The van der Waals surface area contributed by atoms with Crippen molar-refractivity contribution in [2.24, 2.45) is 10.8 Å². The summed E-state index contributed by atoms with van der Waals surface area (Å²) in [5.41, 5.74) is -2.83. The number of unbranched alkanes of at least 4 members (excludes halogenated alkanes) is 6. The van der Waals surface area contributed by atoms with Crippen LogP contribution >= 0.6 is 0 Å². The molecule has 0 heterocycles. The first-order valence-corrected chi connectivity index (χ1v) is 7.63. The number of hydrogen-bond donors (Lipinski definition) is 0. The smallest absolute Gasteiger partial charge is 0.549 e. The van der Waals surface area contributed by atoms with Crippen LogP contribution in [0.4, 0.5) is 0 Å². The Bertz CT molecular complexity index is 307. The maximum Gasteiger partial charge on any atom is 2.00 e. The summed E-state index contributed by atoms with van der Waals surface area (Å²) in [5.74, 6) is -3.06. The number of carboxylic acids is 2. The molecule has 0 saturated carbocycles. The van der Waals surface area contributed by atoms with E-state index in [0.717, 1.165) is 19.3 Å². The van der Waals surface area contributed by atoms with Crippen LogP contribution in [0.3, 0.4) is 0 Å². The van der Waals surface area contributed by atoms with E-state index in [1.54, 1.807) is 20.8 Å². The van der Waals surface area contributed by atoms with Crippen LogP contribution in [0.2, 0.25) is 0 Å². The summed E-state index contributed by atoms with van der Waals surface area (Å²) in [5, 5.41) is 22.8. The van der Waals surface area contributed by atoms with Gasteiger partial charge in [-0.2, -0.15) is 0 Å². The molecule has 0 rings (SSSR count). The average Bonchev–Trinajstić information content (AvgIpc) is 2.30. The maximum atomic E-state index is 11.4. The standard InChI is InChI=1S/C16H30O4.Ba/c1-5-6-7-8-9-10-11-12-16(13(17)18,14(19)20)15(2,3)4;/h5-12H2,1-4H3,(H,17,18)(H,19,20);/q;+2/p-2. The first-order chi connectivity index (χ1) is 9.20. The second-order valence-corrected chi connectivity index (χ2v) is 6.60. The largest absolute Gasteiger partial charge is 2.00 e. The Kier molecular flexibility index (Phi) is 12.6. The third kappa shape index (κ3) is 7.08. The van der Waals surface area contributed by atoms with Gasteiger partial charge in [0.1, 0.15) is 0 Å². The molecule has 0 N–H and O–H groups in total. The topological polar surface area (TPSA) is 80.3 Å². The van der Waals surface area contributed by atoms with E-state index in [1.807, 2.05) is 0 Å². The zero-order chi connectivity index (χ0) is 15.8. The van der Waals surface area contributed by atoms with E-state index < -0.39 is 22.8 Å². The summed E-state index contributed by atoms with van der Waals surface area (Å²) < 4.78 is 0. The average molecular weight is 422 g/mol. The normalized spacial score (nSPS) is 11.8. The summed E-state index contributed by atoms with van der Waals surface area (Å²) in [6.45, 7) is 6.98. The first kappa shape index (κ1) is 23.8. The van der Waals surface area contributed by atoms with Crippen LogP contribution in [0.15, 0.2) is 0 Å². The third-order valence-electron chi connectivity index (χ3n) is 4.13. The van der Waals surface area contributed by atoms with Gasteiger partial charge < -0.3 is 19.8 Å². The second-order valence-electron chi connectivity index (χ2n) is 6.60. The number of carbonyl (C=O) groups excluding carboxylic acids is 2. The molecule has 0 radical (unpaired) electrons. The van der Waals surface area contributed by atoms with Gasteiger partial charge in [-0.3, -0.25) is 0 Å². The Labute approximate surface area is 169 Å². The Morgan fingerprint density at radius 1 is 0.810 bits per heavy atom. The van der Waals surface area contributed by atoms with Crippen molar-refractivity contribution < 1.29 is 19.8 Å². The molecule has 0 aromatic carbocycles. The van der Waals surface area contributed by atoms with Gasteiger partial charge in [0, 0.05) is 0 Å². The zero-order valence-electron chi connectivity index (χ0n) is 14.0.